The van der Waals surface area contributed by atoms with Crippen molar-refractivity contribution in [1.82, 2.24) is 15.5 Å². The third kappa shape index (κ3) is 4.19. The van der Waals surface area contributed by atoms with Crippen molar-refractivity contribution in [2.45, 2.75) is 26.3 Å². The highest BCUT2D eigenvalue weighted by Gasteiger charge is 2.35. The van der Waals surface area contributed by atoms with E-state index in [1.165, 1.54) is 5.56 Å². The summed E-state index contributed by atoms with van der Waals surface area (Å²) in [4.78, 5) is 7.70. The highest BCUT2D eigenvalue weighted by Crippen LogP contribution is 2.40. The Morgan fingerprint density at radius 3 is 2.67 bits per heavy atom. The molecule has 5 nitrogen and oxygen atoms in total. The Hall–Kier alpha value is -3.00. The van der Waals surface area contributed by atoms with Crippen molar-refractivity contribution in [2.75, 3.05) is 4.90 Å². The maximum atomic E-state index is 6.32. The van der Waals surface area contributed by atoms with E-state index in [0.29, 0.717) is 21.9 Å². The normalized spacial score (nSPS) is 16.3. The molecule has 1 N–H and O–H groups in total. The number of nitrogens with one attached hydrogen (secondary N) is 1. The van der Waals surface area contributed by atoms with Gasteiger partial charge in [0.05, 0.1) is 16.5 Å². The Kier molecular flexibility index (Phi) is 6.01. The SMILES string of the molecule is CCc1ccc(N2C(=S)NC(c3cccc(Cl)c3)C(c3nc(-c4cccs4)no3)=C2C)cc1. The minimum Gasteiger partial charge on any atom is -0.351 e. The van der Waals surface area contributed by atoms with Crippen LogP contribution in [0.2, 0.25) is 5.02 Å². The van der Waals surface area contributed by atoms with E-state index in [1.54, 1.807) is 11.3 Å². The Labute approximate surface area is 206 Å². The van der Waals surface area contributed by atoms with Gasteiger partial charge in [0.2, 0.25) is 5.82 Å². The number of allylic oxidation sites excluding steroid dienone is 1. The van der Waals surface area contributed by atoms with Crippen LogP contribution in [-0.2, 0) is 6.42 Å². The van der Waals surface area contributed by atoms with Crippen molar-refractivity contribution < 1.29 is 4.52 Å². The molecule has 1 aliphatic heterocycles. The average Bonchev–Trinajstić information content (AvgIpc) is 3.51. The molecule has 0 aliphatic carbocycles. The molecular weight excluding hydrogens is 472 g/mol. The highest BCUT2D eigenvalue weighted by molar-refractivity contribution is 7.80. The molecule has 1 aliphatic rings. The summed E-state index contributed by atoms with van der Waals surface area (Å²) in [6, 6.07) is 19.8. The number of hydrogen-bond donors (Lipinski definition) is 1. The molecule has 0 saturated heterocycles. The van der Waals surface area contributed by atoms with E-state index < -0.39 is 0 Å². The second-order valence-electron chi connectivity index (χ2n) is 7.69. The van der Waals surface area contributed by atoms with E-state index in [9.17, 15) is 0 Å². The number of rotatable bonds is 5. The monoisotopic (exact) mass is 492 g/mol. The standard InChI is InChI=1S/C25H21ClN4OS2/c1-3-16-9-11-19(12-10-16)30-15(2)21(24-28-23(29-31-24)20-8-5-13-33-20)22(27-25(30)32)17-6-4-7-18(26)14-17/h4-14,22H,3H2,1-2H3,(H,27,32). The topological polar surface area (TPSA) is 54.2 Å². The van der Waals surface area contributed by atoms with E-state index in [2.05, 4.69) is 41.7 Å². The molecule has 2 aromatic carbocycles. The van der Waals surface area contributed by atoms with E-state index in [0.717, 1.165) is 33.8 Å². The van der Waals surface area contributed by atoms with Crippen molar-refractivity contribution in [3.63, 3.8) is 0 Å². The molecule has 1 atom stereocenters. The van der Waals surface area contributed by atoms with Gasteiger partial charge >= 0.3 is 0 Å². The number of benzene rings is 2. The summed E-state index contributed by atoms with van der Waals surface area (Å²) in [6.07, 6.45) is 0.980. The summed E-state index contributed by atoms with van der Waals surface area (Å²) in [5.74, 6) is 1.02. The van der Waals surface area contributed by atoms with Crippen LogP contribution in [0, 0.1) is 0 Å². The number of thiophene rings is 1. The maximum Gasteiger partial charge on any atom is 0.258 e. The Morgan fingerprint density at radius 1 is 1.15 bits per heavy atom. The third-order valence-electron chi connectivity index (χ3n) is 5.67. The van der Waals surface area contributed by atoms with Gasteiger partial charge < -0.3 is 9.84 Å². The molecule has 8 heteroatoms. The zero-order valence-corrected chi connectivity index (χ0v) is 20.5. The van der Waals surface area contributed by atoms with Crippen molar-refractivity contribution >= 4 is 51.5 Å². The largest absolute Gasteiger partial charge is 0.351 e. The molecule has 1 unspecified atom stereocenters. The summed E-state index contributed by atoms with van der Waals surface area (Å²) >= 11 is 13.7. The molecule has 0 saturated carbocycles. The Balaban J connectivity index is 1.65. The van der Waals surface area contributed by atoms with Gasteiger partial charge in [-0.2, -0.15) is 4.98 Å². The predicted octanol–water partition coefficient (Wildman–Crippen LogP) is 6.88. The van der Waals surface area contributed by atoms with Crippen molar-refractivity contribution in [3.05, 3.63) is 93.8 Å². The molecule has 0 radical (unpaired) electrons. The van der Waals surface area contributed by atoms with Crippen LogP contribution >= 0.6 is 35.2 Å². The number of aryl methyl sites for hydroxylation is 1. The molecule has 2 aromatic heterocycles. The van der Waals surface area contributed by atoms with Gasteiger partial charge in [-0.3, -0.25) is 4.90 Å². The zero-order valence-electron chi connectivity index (χ0n) is 18.1. The van der Waals surface area contributed by atoms with Crippen LogP contribution in [-0.4, -0.2) is 15.3 Å². The van der Waals surface area contributed by atoms with Crippen LogP contribution in [0.1, 0.15) is 36.9 Å². The van der Waals surface area contributed by atoms with Gasteiger partial charge in [-0.25, -0.2) is 0 Å². The van der Waals surface area contributed by atoms with E-state index >= 15 is 0 Å². The fourth-order valence-electron chi connectivity index (χ4n) is 3.99. The minimum absolute atomic E-state index is 0.279. The van der Waals surface area contributed by atoms with Crippen LogP contribution < -0.4 is 10.2 Å². The first-order valence-corrected chi connectivity index (χ1v) is 12.3. The van der Waals surface area contributed by atoms with Gasteiger partial charge in [-0.05, 0) is 72.4 Å². The summed E-state index contributed by atoms with van der Waals surface area (Å²) in [5, 5.41) is 11.0. The number of aromatic nitrogens is 2. The third-order valence-corrected chi connectivity index (χ3v) is 7.07. The lowest BCUT2D eigenvalue weighted by Gasteiger charge is -2.37. The summed E-state index contributed by atoms with van der Waals surface area (Å²) in [7, 11) is 0. The zero-order chi connectivity index (χ0) is 22.9. The fraction of sp³-hybridized carbons (Fsp3) is 0.160. The number of hydrogen-bond acceptors (Lipinski definition) is 5. The van der Waals surface area contributed by atoms with Gasteiger partial charge in [0.25, 0.3) is 5.89 Å². The molecule has 33 heavy (non-hydrogen) atoms. The quantitative estimate of drug-likeness (QED) is 0.306. The van der Waals surface area contributed by atoms with E-state index in [-0.39, 0.29) is 6.04 Å². The summed E-state index contributed by atoms with van der Waals surface area (Å²) in [5.41, 5.74) is 5.00. The number of halogens is 1. The first-order valence-electron chi connectivity index (χ1n) is 10.6. The first-order chi connectivity index (χ1) is 16.0. The number of anilines is 1. The Bertz CT molecular complexity index is 1330. The van der Waals surface area contributed by atoms with Crippen molar-refractivity contribution in [2.24, 2.45) is 0 Å². The molecule has 0 amide bonds. The molecular formula is C25H21ClN4OS2. The van der Waals surface area contributed by atoms with Crippen LogP contribution in [0.4, 0.5) is 5.69 Å². The molecule has 5 rings (SSSR count). The number of thiocarbonyl (C=S) groups is 1. The van der Waals surface area contributed by atoms with Gasteiger partial charge in [-0.15, -0.1) is 11.3 Å². The van der Waals surface area contributed by atoms with E-state index in [1.807, 2.05) is 53.6 Å². The molecule has 3 heterocycles. The van der Waals surface area contributed by atoms with Crippen LogP contribution in [0.15, 0.2) is 76.3 Å². The van der Waals surface area contributed by atoms with Crippen LogP contribution in [0.25, 0.3) is 16.3 Å². The highest BCUT2D eigenvalue weighted by atomic mass is 35.5. The Morgan fingerprint density at radius 2 is 1.97 bits per heavy atom. The molecule has 4 aromatic rings. The lowest BCUT2D eigenvalue weighted by Crippen LogP contribution is -2.46. The number of nitrogens with zero attached hydrogens (tertiary/aromatic N) is 3. The average molecular weight is 493 g/mol. The maximum absolute atomic E-state index is 6.32. The van der Waals surface area contributed by atoms with Crippen LogP contribution in [0.5, 0.6) is 0 Å². The van der Waals surface area contributed by atoms with Gasteiger partial charge in [0.15, 0.2) is 5.11 Å². The van der Waals surface area contributed by atoms with Crippen LogP contribution in [0.3, 0.4) is 0 Å². The lowest BCUT2D eigenvalue weighted by atomic mass is 9.94. The molecule has 0 fully saturated rings. The fourth-order valence-corrected chi connectivity index (χ4v) is 5.19. The van der Waals surface area contributed by atoms with Gasteiger partial charge in [0.1, 0.15) is 0 Å². The van der Waals surface area contributed by atoms with E-state index in [4.69, 9.17) is 33.3 Å². The summed E-state index contributed by atoms with van der Waals surface area (Å²) < 4.78 is 5.78. The lowest BCUT2D eigenvalue weighted by molar-refractivity contribution is 0.404. The van der Waals surface area contributed by atoms with Crippen molar-refractivity contribution in [1.29, 1.82) is 0 Å². The molecule has 166 valence electrons. The molecule has 0 bridgehead atoms. The van der Waals surface area contributed by atoms with Gasteiger partial charge in [-0.1, -0.05) is 54.0 Å². The minimum atomic E-state index is -0.279. The first kappa shape index (κ1) is 21.8. The second kappa shape index (κ2) is 9.09. The predicted molar refractivity (Wildman–Crippen MR) is 138 cm³/mol. The smallest absolute Gasteiger partial charge is 0.258 e. The molecule has 0 spiro atoms. The van der Waals surface area contributed by atoms with Crippen molar-refractivity contribution in [3.8, 4) is 10.7 Å². The second-order valence-corrected chi connectivity index (χ2v) is 9.46. The summed E-state index contributed by atoms with van der Waals surface area (Å²) in [6.45, 7) is 4.17. The van der Waals surface area contributed by atoms with Gasteiger partial charge in [0, 0.05) is 16.4 Å².